The fourth-order valence-electron chi connectivity index (χ4n) is 2.96. The molecule has 0 atom stereocenters. The van der Waals surface area contributed by atoms with Crippen LogP contribution >= 0.6 is 0 Å². The maximum absolute atomic E-state index is 12.7. The van der Waals surface area contributed by atoms with Crippen LogP contribution in [0.5, 0.6) is 0 Å². The number of hydrazone groups is 1. The van der Waals surface area contributed by atoms with Gasteiger partial charge in [-0.15, -0.1) is 0 Å². The van der Waals surface area contributed by atoms with Crippen molar-refractivity contribution in [3.05, 3.63) is 77.0 Å². The topological polar surface area (TPSA) is 71.6 Å². The molecule has 0 aliphatic rings. The average molecular weight is 418 g/mol. The van der Waals surface area contributed by atoms with Gasteiger partial charge in [0.25, 0.3) is 5.91 Å². The van der Waals surface area contributed by atoms with Crippen molar-refractivity contribution in [1.82, 2.24) is 9.99 Å². The molecule has 158 valence electrons. The summed E-state index contributed by atoms with van der Waals surface area (Å²) in [6.07, 6.45) is -1.29. The number of rotatable bonds is 7. The zero-order chi connectivity index (χ0) is 21.7. The largest absolute Gasteiger partial charge is 0.467 e. The molecule has 0 bridgehead atoms. The first-order chi connectivity index (χ1) is 14.2. The molecule has 0 spiro atoms. The van der Waals surface area contributed by atoms with Gasteiger partial charge in [-0.25, -0.2) is 5.43 Å². The molecule has 0 saturated carbocycles. The highest BCUT2D eigenvalue weighted by molar-refractivity contribution is 5.85. The summed E-state index contributed by atoms with van der Waals surface area (Å²) in [5.41, 5.74) is 4.60. The molecular weight excluding hydrogens is 397 g/mol. The number of nitrogens with one attached hydrogen (secondary N) is 2. The summed E-state index contributed by atoms with van der Waals surface area (Å²) in [6, 6.07) is 10.3. The normalized spacial score (nSPS) is 11.8. The van der Waals surface area contributed by atoms with Gasteiger partial charge in [-0.05, 0) is 50.2 Å². The number of hydrogen-bond donors (Lipinski definition) is 2. The number of halogens is 3. The Morgan fingerprint density at radius 2 is 2.00 bits per heavy atom. The van der Waals surface area contributed by atoms with Crippen LogP contribution in [0.15, 0.2) is 58.2 Å². The molecular formula is C21H21F3N4O2. The predicted octanol–water partition coefficient (Wildman–Crippen LogP) is 4.33. The predicted molar refractivity (Wildman–Crippen MR) is 107 cm³/mol. The molecule has 9 heteroatoms. The van der Waals surface area contributed by atoms with E-state index >= 15 is 0 Å². The molecule has 0 aliphatic heterocycles. The highest BCUT2D eigenvalue weighted by Gasteiger charge is 2.30. The summed E-state index contributed by atoms with van der Waals surface area (Å²) in [7, 11) is 0. The van der Waals surface area contributed by atoms with Gasteiger partial charge in [-0.3, -0.25) is 4.79 Å². The summed E-state index contributed by atoms with van der Waals surface area (Å²) in [5.74, 6) is 0.349. The molecule has 0 radical (unpaired) electrons. The number of nitrogens with zero attached hydrogens (tertiary/aromatic N) is 2. The van der Waals surface area contributed by atoms with Crippen molar-refractivity contribution in [2.45, 2.75) is 26.6 Å². The zero-order valence-electron chi connectivity index (χ0n) is 16.5. The number of anilines is 1. The highest BCUT2D eigenvalue weighted by atomic mass is 19.4. The Morgan fingerprint density at radius 3 is 2.70 bits per heavy atom. The fourth-order valence-corrected chi connectivity index (χ4v) is 2.96. The number of benzene rings is 1. The third-order valence-corrected chi connectivity index (χ3v) is 4.54. The average Bonchev–Trinajstić information content (AvgIpc) is 3.30. The maximum Gasteiger partial charge on any atom is 0.416 e. The van der Waals surface area contributed by atoms with E-state index in [9.17, 15) is 18.0 Å². The van der Waals surface area contributed by atoms with Crippen LogP contribution in [-0.4, -0.2) is 23.2 Å². The van der Waals surface area contributed by atoms with E-state index in [1.165, 1.54) is 18.3 Å². The van der Waals surface area contributed by atoms with E-state index in [1.807, 2.05) is 32.0 Å². The summed E-state index contributed by atoms with van der Waals surface area (Å²) in [5, 5.41) is 6.60. The van der Waals surface area contributed by atoms with Gasteiger partial charge in [0.15, 0.2) is 0 Å². The minimum absolute atomic E-state index is 0.199. The molecule has 2 aromatic heterocycles. The molecule has 0 unspecified atom stereocenters. The number of aryl methyl sites for hydroxylation is 1. The Labute approximate surface area is 171 Å². The minimum Gasteiger partial charge on any atom is -0.467 e. The SMILES string of the molecule is Cc1cc(/C=N/NC(=O)CNc2cccc(C(F)(F)F)c2)c(C)n1Cc1ccco1. The first-order valence-corrected chi connectivity index (χ1v) is 9.16. The van der Waals surface area contributed by atoms with E-state index in [4.69, 9.17) is 4.42 Å². The number of carbonyl (C=O) groups is 1. The standard InChI is InChI=1S/C21H21F3N4O2/c1-14-9-16(15(2)28(14)13-19-7-4-8-30-19)11-26-27-20(29)12-25-18-6-3-5-17(10-18)21(22,23)24/h3-11,25H,12-13H2,1-2H3,(H,27,29)/b26-11+. The van der Waals surface area contributed by atoms with Gasteiger partial charge < -0.3 is 14.3 Å². The fraction of sp³-hybridized carbons (Fsp3) is 0.238. The summed E-state index contributed by atoms with van der Waals surface area (Å²) in [6.45, 7) is 4.28. The molecule has 6 nitrogen and oxygen atoms in total. The second kappa shape index (κ2) is 8.89. The Kier molecular flexibility index (Phi) is 6.29. The minimum atomic E-state index is -4.44. The van der Waals surface area contributed by atoms with E-state index in [1.54, 1.807) is 6.26 Å². The third kappa shape index (κ3) is 5.31. The molecule has 0 aliphatic carbocycles. The second-order valence-electron chi connectivity index (χ2n) is 6.72. The van der Waals surface area contributed by atoms with Gasteiger partial charge >= 0.3 is 6.18 Å². The van der Waals surface area contributed by atoms with Crippen molar-refractivity contribution in [3.8, 4) is 0 Å². The van der Waals surface area contributed by atoms with E-state index < -0.39 is 17.6 Å². The molecule has 0 saturated heterocycles. The van der Waals surface area contributed by atoms with Gasteiger partial charge in [0, 0.05) is 22.6 Å². The smallest absolute Gasteiger partial charge is 0.416 e. The Hall–Kier alpha value is -3.49. The van der Waals surface area contributed by atoms with Crippen molar-refractivity contribution in [1.29, 1.82) is 0 Å². The van der Waals surface area contributed by atoms with Gasteiger partial charge in [-0.1, -0.05) is 6.07 Å². The van der Waals surface area contributed by atoms with E-state index in [0.29, 0.717) is 6.54 Å². The first kappa shape index (κ1) is 21.2. The van der Waals surface area contributed by atoms with Crippen LogP contribution in [-0.2, 0) is 17.5 Å². The number of hydrogen-bond acceptors (Lipinski definition) is 4. The van der Waals surface area contributed by atoms with E-state index in [2.05, 4.69) is 20.4 Å². The molecule has 0 fully saturated rings. The monoisotopic (exact) mass is 418 g/mol. The second-order valence-corrected chi connectivity index (χ2v) is 6.72. The molecule has 2 N–H and O–H groups in total. The zero-order valence-corrected chi connectivity index (χ0v) is 16.5. The van der Waals surface area contributed by atoms with Crippen LogP contribution in [0.4, 0.5) is 18.9 Å². The molecule has 1 aromatic carbocycles. The van der Waals surface area contributed by atoms with Crippen molar-refractivity contribution >= 4 is 17.8 Å². The molecule has 2 heterocycles. The Morgan fingerprint density at radius 1 is 1.20 bits per heavy atom. The van der Waals surface area contributed by atoms with Gasteiger partial charge in [-0.2, -0.15) is 18.3 Å². The van der Waals surface area contributed by atoms with Crippen LogP contribution in [0.25, 0.3) is 0 Å². The van der Waals surface area contributed by atoms with Crippen molar-refractivity contribution in [2.24, 2.45) is 5.10 Å². The molecule has 1 amide bonds. The molecule has 3 rings (SSSR count). The third-order valence-electron chi connectivity index (χ3n) is 4.54. The van der Waals surface area contributed by atoms with E-state index in [-0.39, 0.29) is 12.2 Å². The quantitative estimate of drug-likeness (QED) is 0.443. The number of furan rings is 1. The first-order valence-electron chi connectivity index (χ1n) is 9.16. The van der Waals surface area contributed by atoms with Crippen LogP contribution in [0.2, 0.25) is 0 Å². The van der Waals surface area contributed by atoms with Crippen molar-refractivity contribution < 1.29 is 22.4 Å². The van der Waals surface area contributed by atoms with Crippen LogP contribution < -0.4 is 10.7 Å². The maximum atomic E-state index is 12.7. The van der Waals surface area contributed by atoms with Gasteiger partial charge in [0.2, 0.25) is 0 Å². The van der Waals surface area contributed by atoms with Crippen molar-refractivity contribution in [3.63, 3.8) is 0 Å². The highest BCUT2D eigenvalue weighted by Crippen LogP contribution is 2.30. The lowest BCUT2D eigenvalue weighted by atomic mass is 10.2. The molecule has 30 heavy (non-hydrogen) atoms. The lowest BCUT2D eigenvalue weighted by Crippen LogP contribution is -2.26. The number of carbonyl (C=O) groups excluding carboxylic acids is 1. The lowest BCUT2D eigenvalue weighted by Gasteiger charge is -2.10. The number of amides is 1. The summed E-state index contributed by atoms with van der Waals surface area (Å²) < 4.78 is 45.6. The van der Waals surface area contributed by atoms with Crippen LogP contribution in [0.3, 0.4) is 0 Å². The van der Waals surface area contributed by atoms with Crippen LogP contribution in [0.1, 0.15) is 28.3 Å². The summed E-state index contributed by atoms with van der Waals surface area (Å²) >= 11 is 0. The summed E-state index contributed by atoms with van der Waals surface area (Å²) in [4.78, 5) is 11.9. The Balaban J connectivity index is 1.55. The molecule has 3 aromatic rings. The van der Waals surface area contributed by atoms with E-state index in [0.717, 1.165) is 34.8 Å². The lowest BCUT2D eigenvalue weighted by molar-refractivity contribution is -0.137. The van der Waals surface area contributed by atoms with Crippen LogP contribution in [0, 0.1) is 13.8 Å². The Bertz CT molecular complexity index is 1040. The number of aromatic nitrogens is 1. The van der Waals surface area contributed by atoms with Crippen molar-refractivity contribution in [2.75, 3.05) is 11.9 Å². The number of alkyl halides is 3. The van der Waals surface area contributed by atoms with Gasteiger partial charge in [0.05, 0.1) is 31.1 Å². The van der Waals surface area contributed by atoms with Gasteiger partial charge in [0.1, 0.15) is 5.76 Å².